The molecule has 8 heteroatoms. The summed E-state index contributed by atoms with van der Waals surface area (Å²) in [7, 11) is 0. The summed E-state index contributed by atoms with van der Waals surface area (Å²) in [5.41, 5.74) is 5.62. The fourth-order valence-electron chi connectivity index (χ4n) is 5.09. The molecule has 1 aliphatic rings. The molecule has 6 rings (SSSR count). The van der Waals surface area contributed by atoms with E-state index in [4.69, 9.17) is 16.7 Å². The van der Waals surface area contributed by atoms with Crippen LogP contribution >= 0.6 is 11.6 Å². The molecule has 0 radical (unpaired) electrons. The van der Waals surface area contributed by atoms with Crippen LogP contribution in [0.5, 0.6) is 0 Å². The number of para-hydroxylation sites is 1. The van der Waals surface area contributed by atoms with Gasteiger partial charge in [0.25, 0.3) is 0 Å². The number of hydrogen-bond donors (Lipinski definition) is 1. The molecule has 0 aliphatic carbocycles. The Balaban J connectivity index is 1.54. The lowest BCUT2D eigenvalue weighted by Crippen LogP contribution is -2.38. The number of urea groups is 1. The first-order valence-electron chi connectivity index (χ1n) is 12.3. The van der Waals surface area contributed by atoms with Crippen LogP contribution in [0.2, 0.25) is 5.02 Å². The predicted molar refractivity (Wildman–Crippen MR) is 147 cm³/mol. The molecule has 0 spiro atoms. The van der Waals surface area contributed by atoms with Gasteiger partial charge in [-0.2, -0.15) is 5.10 Å². The monoisotopic (exact) mass is 525 g/mol. The molecule has 2 aromatic heterocycles. The normalized spacial score (nSPS) is 14.5. The van der Waals surface area contributed by atoms with Crippen molar-refractivity contribution in [3.63, 3.8) is 0 Å². The molecule has 0 saturated heterocycles. The molecule has 1 aliphatic heterocycles. The van der Waals surface area contributed by atoms with Crippen LogP contribution in [0.1, 0.15) is 34.1 Å². The van der Waals surface area contributed by atoms with E-state index in [-0.39, 0.29) is 18.4 Å². The quantitative estimate of drug-likeness (QED) is 0.270. The van der Waals surface area contributed by atoms with Gasteiger partial charge in [0.2, 0.25) is 0 Å². The van der Waals surface area contributed by atoms with Gasteiger partial charge in [0.1, 0.15) is 11.6 Å². The van der Waals surface area contributed by atoms with E-state index in [2.05, 4.69) is 9.88 Å². The maximum atomic E-state index is 14.5. The maximum Gasteiger partial charge on any atom is 0.322 e. The molecule has 190 valence electrons. The first-order chi connectivity index (χ1) is 18.4. The second-order valence-corrected chi connectivity index (χ2v) is 9.85. The zero-order valence-electron chi connectivity index (χ0n) is 20.9. The zero-order valence-corrected chi connectivity index (χ0v) is 21.7. The summed E-state index contributed by atoms with van der Waals surface area (Å²) in [6.07, 6.45) is 1.96. The second kappa shape index (κ2) is 9.50. The van der Waals surface area contributed by atoms with E-state index in [9.17, 15) is 9.18 Å². The van der Waals surface area contributed by atoms with Crippen molar-refractivity contribution in [1.82, 2.24) is 19.2 Å². The van der Waals surface area contributed by atoms with Crippen molar-refractivity contribution < 1.29 is 9.18 Å². The standard InChI is InChI=1S/C30H25ClFN5O/c1-19-13-14-22(31)17-26(19)33-30(38)36-18-25-20(2)34-37(24-10-4-3-5-11-24)29(25)35-15-7-12-27(35)28(36)21-8-6-9-23(32)16-21/h3-17,28H,18H2,1-2H3,(H,33,38)/t28-/m0/s1. The molecule has 1 atom stereocenters. The van der Waals surface area contributed by atoms with Gasteiger partial charge in [0, 0.05) is 22.5 Å². The van der Waals surface area contributed by atoms with E-state index in [1.54, 1.807) is 23.1 Å². The molecule has 1 N–H and O–H groups in total. The minimum absolute atomic E-state index is 0.266. The van der Waals surface area contributed by atoms with Crippen LogP contribution in [-0.4, -0.2) is 25.3 Å². The van der Waals surface area contributed by atoms with Crippen molar-refractivity contribution >= 4 is 23.3 Å². The van der Waals surface area contributed by atoms with Gasteiger partial charge in [-0.25, -0.2) is 13.9 Å². The van der Waals surface area contributed by atoms with Crippen molar-refractivity contribution in [2.75, 3.05) is 5.32 Å². The van der Waals surface area contributed by atoms with Gasteiger partial charge in [0.05, 0.1) is 29.7 Å². The Labute approximate surface area is 224 Å². The summed E-state index contributed by atoms with van der Waals surface area (Å²) in [5, 5.41) is 8.43. The molecular formula is C30H25ClFN5O. The number of nitrogens with one attached hydrogen (secondary N) is 1. The molecule has 0 unspecified atom stereocenters. The Hall–Kier alpha value is -4.36. The Kier molecular flexibility index (Phi) is 6.00. The minimum Gasteiger partial charge on any atom is -0.307 e. The molecule has 3 aromatic carbocycles. The van der Waals surface area contributed by atoms with E-state index in [0.717, 1.165) is 34.0 Å². The fourth-order valence-corrected chi connectivity index (χ4v) is 5.26. The SMILES string of the molecule is Cc1ccc(Cl)cc1NC(=O)N1Cc2c(C)nn(-c3ccccc3)c2-n2cccc2[C@@H]1c1cccc(F)c1. The highest BCUT2D eigenvalue weighted by Crippen LogP contribution is 2.39. The highest BCUT2D eigenvalue weighted by atomic mass is 35.5. The number of hydrogen-bond acceptors (Lipinski definition) is 2. The lowest BCUT2D eigenvalue weighted by molar-refractivity contribution is 0.194. The minimum atomic E-state index is -0.559. The summed E-state index contributed by atoms with van der Waals surface area (Å²) in [5.74, 6) is 0.490. The average Bonchev–Trinajstić information content (AvgIpc) is 3.47. The van der Waals surface area contributed by atoms with E-state index < -0.39 is 6.04 Å². The van der Waals surface area contributed by atoms with Gasteiger partial charge < -0.3 is 14.8 Å². The zero-order chi connectivity index (χ0) is 26.4. The molecule has 3 heterocycles. The van der Waals surface area contributed by atoms with Crippen molar-refractivity contribution in [3.05, 3.63) is 130 Å². The fraction of sp³-hybridized carbons (Fsp3) is 0.133. The third-order valence-electron chi connectivity index (χ3n) is 6.95. The first-order valence-corrected chi connectivity index (χ1v) is 12.7. The van der Waals surface area contributed by atoms with E-state index in [0.29, 0.717) is 16.3 Å². The van der Waals surface area contributed by atoms with Gasteiger partial charge in [0.15, 0.2) is 0 Å². The molecule has 0 bridgehead atoms. The van der Waals surface area contributed by atoms with E-state index in [1.807, 2.05) is 79.3 Å². The molecule has 0 saturated carbocycles. The van der Waals surface area contributed by atoms with E-state index in [1.165, 1.54) is 12.1 Å². The number of amides is 2. The van der Waals surface area contributed by atoms with Gasteiger partial charge in [-0.15, -0.1) is 0 Å². The highest BCUT2D eigenvalue weighted by molar-refractivity contribution is 6.31. The third-order valence-corrected chi connectivity index (χ3v) is 7.19. The molecule has 0 fully saturated rings. The number of rotatable bonds is 3. The maximum absolute atomic E-state index is 14.5. The Morgan fingerprint density at radius 1 is 1.00 bits per heavy atom. The molecular weight excluding hydrogens is 501 g/mol. The number of anilines is 1. The number of carbonyl (C=O) groups is 1. The first kappa shape index (κ1) is 24.0. The Morgan fingerprint density at radius 2 is 1.82 bits per heavy atom. The number of fused-ring (bicyclic) bond motifs is 3. The van der Waals surface area contributed by atoms with Crippen molar-refractivity contribution in [2.24, 2.45) is 0 Å². The van der Waals surface area contributed by atoms with Crippen LogP contribution in [0, 0.1) is 19.7 Å². The number of benzene rings is 3. The molecule has 38 heavy (non-hydrogen) atoms. The number of carbonyl (C=O) groups excluding carboxylic acids is 1. The average molecular weight is 526 g/mol. The van der Waals surface area contributed by atoms with Gasteiger partial charge in [-0.05, 0) is 73.5 Å². The topological polar surface area (TPSA) is 55.1 Å². The third kappa shape index (κ3) is 4.15. The van der Waals surface area contributed by atoms with Crippen LogP contribution in [-0.2, 0) is 6.54 Å². The van der Waals surface area contributed by atoms with Crippen molar-refractivity contribution in [2.45, 2.75) is 26.4 Å². The van der Waals surface area contributed by atoms with Gasteiger partial charge in [-0.1, -0.05) is 48.0 Å². The van der Waals surface area contributed by atoms with Gasteiger partial charge in [-0.3, -0.25) is 0 Å². The van der Waals surface area contributed by atoms with Crippen LogP contribution in [0.4, 0.5) is 14.9 Å². The van der Waals surface area contributed by atoms with Crippen LogP contribution in [0.15, 0.2) is 91.1 Å². The summed E-state index contributed by atoms with van der Waals surface area (Å²) < 4.78 is 18.4. The van der Waals surface area contributed by atoms with Crippen molar-refractivity contribution in [1.29, 1.82) is 0 Å². The Morgan fingerprint density at radius 3 is 2.61 bits per heavy atom. The van der Waals surface area contributed by atoms with E-state index >= 15 is 0 Å². The summed E-state index contributed by atoms with van der Waals surface area (Å²) in [4.78, 5) is 15.8. The second-order valence-electron chi connectivity index (χ2n) is 9.41. The summed E-state index contributed by atoms with van der Waals surface area (Å²) in [6.45, 7) is 4.12. The summed E-state index contributed by atoms with van der Waals surface area (Å²) >= 11 is 6.23. The van der Waals surface area contributed by atoms with Crippen LogP contribution in [0.3, 0.4) is 0 Å². The Bertz CT molecular complexity index is 1660. The summed E-state index contributed by atoms with van der Waals surface area (Å²) in [6, 6.07) is 24.7. The number of aryl methyl sites for hydroxylation is 2. The predicted octanol–water partition coefficient (Wildman–Crippen LogP) is 7.21. The number of halogens is 2. The van der Waals surface area contributed by atoms with Crippen molar-refractivity contribution in [3.8, 4) is 11.5 Å². The smallest absolute Gasteiger partial charge is 0.307 e. The molecule has 5 aromatic rings. The molecule has 6 nitrogen and oxygen atoms in total. The van der Waals surface area contributed by atoms with Gasteiger partial charge >= 0.3 is 6.03 Å². The number of nitrogens with zero attached hydrogens (tertiary/aromatic N) is 4. The lowest BCUT2D eigenvalue weighted by Gasteiger charge is -2.31. The highest BCUT2D eigenvalue weighted by Gasteiger charge is 2.36. The lowest BCUT2D eigenvalue weighted by atomic mass is 10.0. The molecule has 2 amide bonds. The van der Waals surface area contributed by atoms with Crippen LogP contribution in [0.25, 0.3) is 11.5 Å². The number of aromatic nitrogens is 3. The largest absolute Gasteiger partial charge is 0.322 e. The van der Waals surface area contributed by atoms with Crippen LogP contribution < -0.4 is 5.32 Å².